The minimum Gasteiger partial charge on any atom is -0.434 e. The molecule has 0 fully saturated rings. The molecule has 1 aromatic heterocycles. The molecule has 2 N–H and O–H groups in total. The third-order valence-electron chi connectivity index (χ3n) is 3.41. The molecule has 25 heavy (non-hydrogen) atoms. The van der Waals surface area contributed by atoms with Crippen LogP contribution in [0.1, 0.15) is 12.5 Å². The van der Waals surface area contributed by atoms with Crippen molar-refractivity contribution < 1.29 is 14.3 Å². The van der Waals surface area contributed by atoms with Crippen molar-refractivity contribution in [3.8, 4) is 12.1 Å². The first-order valence-corrected chi connectivity index (χ1v) is 8.38. The first kappa shape index (κ1) is 18.2. The van der Waals surface area contributed by atoms with Crippen molar-refractivity contribution in [3.63, 3.8) is 0 Å². The average molecular weight is 356 g/mol. The highest BCUT2D eigenvalue weighted by Crippen LogP contribution is 2.26. The van der Waals surface area contributed by atoms with Crippen LogP contribution in [0.5, 0.6) is 0 Å². The van der Waals surface area contributed by atoms with Gasteiger partial charge >= 0.3 is 6.09 Å². The molecule has 128 valence electrons. The Balaban J connectivity index is 2.18. The van der Waals surface area contributed by atoms with E-state index in [1.807, 2.05) is 35.7 Å². The van der Waals surface area contributed by atoms with Gasteiger partial charge in [-0.1, -0.05) is 18.2 Å². The van der Waals surface area contributed by atoms with Crippen LogP contribution in [0.4, 0.5) is 4.79 Å². The summed E-state index contributed by atoms with van der Waals surface area (Å²) >= 11 is 1.55. The van der Waals surface area contributed by atoms with Gasteiger partial charge in [-0.3, -0.25) is 4.79 Å². The van der Waals surface area contributed by atoms with Crippen LogP contribution in [-0.4, -0.2) is 30.7 Å². The number of benzene rings is 1. The number of alkyl carbamates (subject to hydrolysis) is 1. The van der Waals surface area contributed by atoms with Gasteiger partial charge in [-0.2, -0.15) is 10.5 Å². The van der Waals surface area contributed by atoms with Crippen molar-refractivity contribution in [2.75, 3.05) is 6.61 Å². The summed E-state index contributed by atoms with van der Waals surface area (Å²) in [5, 5.41) is 25.2. The lowest BCUT2D eigenvalue weighted by atomic mass is 10.0. The number of nitriles is 2. The molecule has 0 bridgehead atoms. The van der Waals surface area contributed by atoms with E-state index < -0.39 is 30.7 Å². The van der Waals surface area contributed by atoms with Crippen molar-refractivity contribution in [2.45, 2.75) is 25.4 Å². The number of ether oxygens (including phenoxy) is 1. The summed E-state index contributed by atoms with van der Waals surface area (Å²) in [5.41, 5.74) is 0.908. The standard InChI is InChI=1S/C17H16N4O3S/c1-11(9-19)20-16(22)14(21-17(23)24-7-6-18)8-12-10-25-15-5-3-2-4-13(12)15/h2-5,10-11,14H,7-8H2,1H3,(H,20,22)(H,21,23). The van der Waals surface area contributed by atoms with Crippen LogP contribution in [0.3, 0.4) is 0 Å². The van der Waals surface area contributed by atoms with E-state index in [9.17, 15) is 9.59 Å². The van der Waals surface area contributed by atoms with Gasteiger partial charge < -0.3 is 15.4 Å². The minimum atomic E-state index is -0.917. The molecule has 1 aromatic carbocycles. The molecule has 1 heterocycles. The minimum absolute atomic E-state index is 0.246. The predicted octanol–water partition coefficient (Wildman–Crippen LogP) is 2.09. The molecule has 2 amide bonds. The largest absolute Gasteiger partial charge is 0.434 e. The van der Waals surface area contributed by atoms with Gasteiger partial charge in [0.15, 0.2) is 6.61 Å². The fourth-order valence-corrected chi connectivity index (χ4v) is 3.22. The van der Waals surface area contributed by atoms with Gasteiger partial charge in [0, 0.05) is 11.1 Å². The van der Waals surface area contributed by atoms with E-state index >= 15 is 0 Å². The van der Waals surface area contributed by atoms with Gasteiger partial charge in [-0.25, -0.2) is 4.79 Å². The molecule has 0 saturated heterocycles. The summed E-state index contributed by atoms with van der Waals surface area (Å²) in [6, 6.07) is 9.75. The van der Waals surface area contributed by atoms with Crippen LogP contribution in [0, 0.1) is 22.7 Å². The van der Waals surface area contributed by atoms with E-state index in [2.05, 4.69) is 15.4 Å². The summed E-state index contributed by atoms with van der Waals surface area (Å²) in [7, 11) is 0. The second-order valence-electron chi connectivity index (χ2n) is 5.25. The van der Waals surface area contributed by atoms with Crippen LogP contribution in [0.15, 0.2) is 29.6 Å². The Morgan fingerprint density at radius 1 is 1.28 bits per heavy atom. The third-order valence-corrected chi connectivity index (χ3v) is 4.43. The number of amides is 2. The highest BCUT2D eigenvalue weighted by molar-refractivity contribution is 7.17. The van der Waals surface area contributed by atoms with Crippen molar-refractivity contribution in [3.05, 3.63) is 35.2 Å². The second kappa shape index (κ2) is 8.67. The summed E-state index contributed by atoms with van der Waals surface area (Å²) in [6.07, 6.45) is -0.610. The van der Waals surface area contributed by atoms with Gasteiger partial charge in [0.1, 0.15) is 18.2 Å². The van der Waals surface area contributed by atoms with Crippen molar-refractivity contribution in [1.29, 1.82) is 10.5 Å². The first-order valence-electron chi connectivity index (χ1n) is 7.50. The number of rotatable bonds is 6. The maximum absolute atomic E-state index is 12.4. The van der Waals surface area contributed by atoms with Gasteiger partial charge in [0.25, 0.3) is 0 Å². The number of hydrogen-bond acceptors (Lipinski definition) is 6. The number of nitrogens with one attached hydrogen (secondary N) is 2. The normalized spacial score (nSPS) is 12.4. The smallest absolute Gasteiger partial charge is 0.408 e. The molecular formula is C17H16N4O3S. The van der Waals surface area contributed by atoms with E-state index in [0.717, 1.165) is 15.6 Å². The number of thiophene rings is 1. The lowest BCUT2D eigenvalue weighted by molar-refractivity contribution is -0.123. The Labute approximate surface area is 148 Å². The molecule has 0 radical (unpaired) electrons. The van der Waals surface area contributed by atoms with E-state index in [-0.39, 0.29) is 6.42 Å². The molecule has 0 aliphatic carbocycles. The lowest BCUT2D eigenvalue weighted by Crippen LogP contribution is -2.50. The summed E-state index contributed by atoms with van der Waals surface area (Å²) in [6.45, 7) is 1.14. The molecule has 2 atom stereocenters. The molecule has 0 aliphatic rings. The van der Waals surface area contributed by atoms with E-state index in [4.69, 9.17) is 10.5 Å². The molecular weight excluding hydrogens is 340 g/mol. The van der Waals surface area contributed by atoms with Crippen LogP contribution in [0.25, 0.3) is 10.1 Å². The molecule has 7 nitrogen and oxygen atoms in total. The van der Waals surface area contributed by atoms with Gasteiger partial charge in [0.2, 0.25) is 5.91 Å². The first-order chi connectivity index (χ1) is 12.0. The average Bonchev–Trinajstić information content (AvgIpc) is 3.02. The fraction of sp³-hybridized carbons (Fsp3) is 0.294. The third kappa shape index (κ3) is 4.93. The molecule has 0 spiro atoms. The zero-order chi connectivity index (χ0) is 18.2. The fourth-order valence-electron chi connectivity index (χ4n) is 2.25. The van der Waals surface area contributed by atoms with Crippen LogP contribution in [0.2, 0.25) is 0 Å². The van der Waals surface area contributed by atoms with Crippen molar-refractivity contribution >= 4 is 33.4 Å². The lowest BCUT2D eigenvalue weighted by Gasteiger charge is -2.18. The van der Waals surface area contributed by atoms with Gasteiger partial charge in [-0.15, -0.1) is 11.3 Å². The van der Waals surface area contributed by atoms with E-state index in [0.29, 0.717) is 0 Å². The van der Waals surface area contributed by atoms with E-state index in [1.54, 1.807) is 24.3 Å². The van der Waals surface area contributed by atoms with Crippen molar-refractivity contribution in [2.24, 2.45) is 0 Å². The number of hydrogen-bond donors (Lipinski definition) is 2. The monoisotopic (exact) mass is 356 g/mol. The summed E-state index contributed by atoms with van der Waals surface area (Å²) in [4.78, 5) is 24.1. The maximum Gasteiger partial charge on any atom is 0.408 e. The zero-order valence-corrected chi connectivity index (χ0v) is 14.3. The highest BCUT2D eigenvalue weighted by Gasteiger charge is 2.24. The number of fused-ring (bicyclic) bond motifs is 1. The topological polar surface area (TPSA) is 115 Å². The van der Waals surface area contributed by atoms with Crippen LogP contribution < -0.4 is 10.6 Å². The molecule has 0 aliphatic heterocycles. The highest BCUT2D eigenvalue weighted by atomic mass is 32.1. The number of carbonyl (C=O) groups is 2. The quantitative estimate of drug-likeness (QED) is 0.822. The predicted molar refractivity (Wildman–Crippen MR) is 92.6 cm³/mol. The van der Waals surface area contributed by atoms with Crippen molar-refractivity contribution in [1.82, 2.24) is 10.6 Å². The molecule has 8 heteroatoms. The Morgan fingerprint density at radius 2 is 2.04 bits per heavy atom. The van der Waals surface area contributed by atoms with E-state index in [1.165, 1.54) is 0 Å². The second-order valence-corrected chi connectivity index (χ2v) is 6.16. The summed E-state index contributed by atoms with van der Waals surface area (Å²) in [5.74, 6) is -0.488. The number of carbonyl (C=O) groups excluding carboxylic acids is 2. The van der Waals surface area contributed by atoms with Crippen LogP contribution >= 0.6 is 11.3 Å². The summed E-state index contributed by atoms with van der Waals surface area (Å²) < 4.78 is 5.73. The molecule has 2 aromatic rings. The molecule has 0 saturated carbocycles. The number of nitrogens with zero attached hydrogens (tertiary/aromatic N) is 2. The Kier molecular flexibility index (Phi) is 6.33. The Morgan fingerprint density at radius 3 is 2.76 bits per heavy atom. The SMILES string of the molecule is CC(C#N)NC(=O)C(Cc1csc2ccccc12)NC(=O)OCC#N. The molecule has 2 unspecified atom stereocenters. The van der Waals surface area contributed by atoms with Crippen LogP contribution in [-0.2, 0) is 16.0 Å². The van der Waals surface area contributed by atoms with Gasteiger partial charge in [0.05, 0.1) is 6.07 Å². The Bertz CT molecular complexity index is 849. The zero-order valence-electron chi connectivity index (χ0n) is 13.5. The Hall–Kier alpha value is -3.10. The maximum atomic E-state index is 12.4. The van der Waals surface area contributed by atoms with Gasteiger partial charge in [-0.05, 0) is 29.3 Å². The molecule has 2 rings (SSSR count).